The molecule has 35 heavy (non-hydrogen) atoms. The Bertz CT molecular complexity index is 1140. The SMILES string of the molecule is C[N+]1(C)CCC(/C=C/C2=C(C(=O)[O-])N3C(=O)[C@@H](NC(=O)/C(=N\OCF)c4csc(N)n4)[C@H]3SC2)O1. The van der Waals surface area contributed by atoms with Gasteiger partial charge in [-0.1, -0.05) is 11.2 Å². The van der Waals surface area contributed by atoms with Gasteiger partial charge in [0.05, 0.1) is 25.8 Å². The summed E-state index contributed by atoms with van der Waals surface area (Å²) in [5.41, 5.74) is 5.46. The van der Waals surface area contributed by atoms with E-state index < -0.39 is 36.1 Å². The van der Waals surface area contributed by atoms with Crippen molar-refractivity contribution in [2.24, 2.45) is 5.16 Å². The zero-order chi connectivity index (χ0) is 25.3. The van der Waals surface area contributed by atoms with Gasteiger partial charge in [-0.25, -0.2) is 9.37 Å². The number of thioether (sulfide) groups is 1. The summed E-state index contributed by atoms with van der Waals surface area (Å²) in [7, 11) is 3.86. The number of hydrogen-bond donors (Lipinski definition) is 2. The fourth-order valence-corrected chi connectivity index (χ4v) is 5.79. The highest BCUT2D eigenvalue weighted by molar-refractivity contribution is 8.00. The summed E-state index contributed by atoms with van der Waals surface area (Å²) in [4.78, 5) is 52.8. The highest BCUT2D eigenvalue weighted by Gasteiger charge is 2.53. The van der Waals surface area contributed by atoms with Crippen LogP contribution in [-0.2, 0) is 24.1 Å². The highest BCUT2D eigenvalue weighted by atomic mass is 32.2. The van der Waals surface area contributed by atoms with Crippen LogP contribution in [0.1, 0.15) is 12.1 Å². The van der Waals surface area contributed by atoms with E-state index in [4.69, 9.17) is 10.6 Å². The number of alkyl halides is 1. The number of carboxylic acids is 1. The molecule has 2 saturated heterocycles. The largest absolute Gasteiger partial charge is 0.543 e. The molecule has 4 rings (SSSR count). The molecule has 4 heterocycles. The molecule has 2 amide bonds. The number of nitrogens with two attached hydrogens (primary N) is 1. The monoisotopic (exact) mass is 526 g/mol. The van der Waals surface area contributed by atoms with Gasteiger partial charge in [0.15, 0.2) is 10.8 Å². The summed E-state index contributed by atoms with van der Waals surface area (Å²) in [6.07, 6.45) is 4.04. The van der Waals surface area contributed by atoms with E-state index in [-0.39, 0.29) is 34.1 Å². The number of nitrogens with zero attached hydrogens (tertiary/aromatic N) is 4. The number of rotatable bonds is 8. The van der Waals surface area contributed by atoms with Crippen molar-refractivity contribution in [1.29, 1.82) is 0 Å². The lowest BCUT2D eigenvalue weighted by atomic mass is 10.0. The van der Waals surface area contributed by atoms with Crippen LogP contribution in [0.4, 0.5) is 9.52 Å². The molecule has 0 radical (unpaired) electrons. The van der Waals surface area contributed by atoms with Gasteiger partial charge in [0.1, 0.15) is 29.8 Å². The first-order valence-electron chi connectivity index (χ1n) is 10.5. The van der Waals surface area contributed by atoms with E-state index in [1.165, 1.54) is 17.1 Å². The minimum Gasteiger partial charge on any atom is -0.543 e. The van der Waals surface area contributed by atoms with Gasteiger partial charge in [0, 0.05) is 17.6 Å². The van der Waals surface area contributed by atoms with Crippen LogP contribution in [-0.4, -0.2) is 88.8 Å². The average molecular weight is 527 g/mol. The Morgan fingerprint density at radius 1 is 1.51 bits per heavy atom. The summed E-state index contributed by atoms with van der Waals surface area (Å²) in [5, 5.41) is 18.8. The number of amides is 2. The van der Waals surface area contributed by atoms with E-state index in [0.29, 0.717) is 10.2 Å². The second-order valence-electron chi connectivity index (χ2n) is 8.36. The Kier molecular flexibility index (Phi) is 7.12. The van der Waals surface area contributed by atoms with Crippen molar-refractivity contribution in [3.05, 3.63) is 34.5 Å². The number of nitrogen functional groups attached to an aromatic ring is 1. The molecule has 1 unspecified atom stereocenters. The van der Waals surface area contributed by atoms with Gasteiger partial charge >= 0.3 is 0 Å². The average Bonchev–Trinajstić information content (AvgIpc) is 3.39. The fourth-order valence-electron chi connectivity index (χ4n) is 3.92. The van der Waals surface area contributed by atoms with E-state index >= 15 is 0 Å². The number of hydroxylamine groups is 3. The molecule has 12 nitrogen and oxygen atoms in total. The number of quaternary nitrogens is 1. The maximum atomic E-state index is 12.9. The molecule has 0 aromatic carbocycles. The number of aromatic nitrogens is 1. The number of aliphatic carboxylic acids is 1. The molecule has 3 atom stereocenters. The van der Waals surface area contributed by atoms with Gasteiger partial charge in [-0.15, -0.1) is 23.1 Å². The molecule has 0 spiro atoms. The molecule has 3 aliphatic rings. The first-order chi connectivity index (χ1) is 16.6. The summed E-state index contributed by atoms with van der Waals surface area (Å²) in [5.74, 6) is -2.68. The fraction of sp³-hybridized carbons (Fsp3) is 0.450. The predicted octanol–water partition coefficient (Wildman–Crippen LogP) is -0.887. The van der Waals surface area contributed by atoms with Crippen LogP contribution in [0.3, 0.4) is 0 Å². The van der Waals surface area contributed by atoms with Crippen molar-refractivity contribution in [1.82, 2.24) is 15.2 Å². The van der Waals surface area contributed by atoms with Crippen LogP contribution in [0.5, 0.6) is 0 Å². The molecular weight excluding hydrogens is 503 g/mol. The number of allylic oxidation sites excluding steroid dienone is 1. The van der Waals surface area contributed by atoms with Crippen molar-refractivity contribution in [2.75, 3.05) is 39.0 Å². The van der Waals surface area contributed by atoms with E-state index in [2.05, 4.69) is 20.3 Å². The molecule has 15 heteroatoms. The maximum absolute atomic E-state index is 12.9. The third kappa shape index (κ3) is 5.17. The number of carbonyl (C=O) groups excluding carboxylic acids is 3. The molecule has 2 fully saturated rings. The molecule has 0 saturated carbocycles. The summed E-state index contributed by atoms with van der Waals surface area (Å²) < 4.78 is 12.9. The topological polar surface area (TPSA) is 159 Å². The standard InChI is InChI=1S/C20H23FN6O6S2/c1-27(2)6-5-11(33-27)4-3-10-7-34-18-14(17(29)26(18)15(10)19(30)31)24-16(28)13(25-32-9-21)12-8-35-20(22)23-12/h3-4,8,11,14,18H,5-7,9H2,1-2H3,(H3-,22,23,24,28,30,31)/b4-3+,25-13-/t11?,14-,18-/m1/s1. The number of oxime groups is 1. The number of thiazole rings is 1. The Balaban J connectivity index is 1.49. The molecule has 188 valence electrons. The summed E-state index contributed by atoms with van der Waals surface area (Å²) in [6.45, 7) is -0.456. The van der Waals surface area contributed by atoms with Crippen molar-refractivity contribution in [3.8, 4) is 0 Å². The Morgan fingerprint density at radius 3 is 2.89 bits per heavy atom. The molecule has 1 aromatic heterocycles. The minimum absolute atomic E-state index is 0.0528. The quantitative estimate of drug-likeness (QED) is 0.190. The number of β-lactam (4-membered cyclic amide) rings is 1. The van der Waals surface area contributed by atoms with Crippen LogP contribution in [0, 0.1) is 0 Å². The summed E-state index contributed by atoms with van der Waals surface area (Å²) in [6, 6.07) is -1.03. The number of nitrogens with one attached hydrogen (secondary N) is 1. The van der Waals surface area contributed by atoms with Crippen LogP contribution in [0.2, 0.25) is 0 Å². The first-order valence-corrected chi connectivity index (χ1v) is 12.4. The Labute approximate surface area is 207 Å². The van der Waals surface area contributed by atoms with Gasteiger partial charge < -0.3 is 25.8 Å². The molecular formula is C20H23FN6O6S2. The third-order valence-corrected chi connectivity index (χ3v) is 7.52. The molecule has 0 bridgehead atoms. The number of anilines is 1. The smallest absolute Gasteiger partial charge is 0.276 e. The lowest BCUT2D eigenvalue weighted by Crippen LogP contribution is -2.71. The van der Waals surface area contributed by atoms with Gasteiger partial charge in [0.25, 0.3) is 18.7 Å². The minimum atomic E-state index is -1.49. The number of halogens is 1. The third-order valence-electron chi connectivity index (χ3n) is 5.55. The van der Waals surface area contributed by atoms with Crippen LogP contribution in [0.25, 0.3) is 0 Å². The van der Waals surface area contributed by atoms with Gasteiger partial charge in [-0.05, 0) is 11.6 Å². The van der Waals surface area contributed by atoms with Crippen molar-refractivity contribution >= 4 is 51.7 Å². The Morgan fingerprint density at radius 2 is 2.29 bits per heavy atom. The molecule has 0 aliphatic carbocycles. The van der Waals surface area contributed by atoms with Gasteiger partial charge in [-0.2, -0.15) is 9.48 Å². The lowest BCUT2D eigenvalue weighted by molar-refractivity contribution is -1.06. The van der Waals surface area contributed by atoms with Crippen LogP contribution >= 0.6 is 23.1 Å². The van der Waals surface area contributed by atoms with E-state index in [1.54, 1.807) is 12.2 Å². The van der Waals surface area contributed by atoms with Crippen LogP contribution < -0.4 is 16.2 Å². The zero-order valence-electron chi connectivity index (χ0n) is 18.8. The second-order valence-corrected chi connectivity index (χ2v) is 10.4. The maximum Gasteiger partial charge on any atom is 0.276 e. The lowest BCUT2D eigenvalue weighted by Gasteiger charge is -2.50. The highest BCUT2D eigenvalue weighted by Crippen LogP contribution is 2.40. The van der Waals surface area contributed by atoms with Crippen LogP contribution in [0.15, 0.2) is 34.0 Å². The summed E-state index contributed by atoms with van der Waals surface area (Å²) >= 11 is 2.33. The number of fused-ring (bicyclic) bond motifs is 1. The second kappa shape index (κ2) is 9.93. The molecule has 3 aliphatic heterocycles. The van der Waals surface area contributed by atoms with Crippen molar-refractivity contribution < 1.29 is 38.2 Å². The van der Waals surface area contributed by atoms with Gasteiger partial charge in [0.2, 0.25) is 0 Å². The molecule has 1 aromatic rings. The number of carbonyl (C=O) groups is 3. The zero-order valence-corrected chi connectivity index (χ0v) is 20.4. The van der Waals surface area contributed by atoms with Gasteiger partial charge in [-0.3, -0.25) is 14.5 Å². The normalized spacial score (nSPS) is 26.0. The van der Waals surface area contributed by atoms with Crippen molar-refractivity contribution in [3.63, 3.8) is 0 Å². The van der Waals surface area contributed by atoms with E-state index in [9.17, 15) is 23.9 Å². The first kappa shape index (κ1) is 25.1. The number of carboxylic acid groups (broad SMARTS) is 1. The van der Waals surface area contributed by atoms with Crippen molar-refractivity contribution in [2.45, 2.75) is 23.9 Å². The van der Waals surface area contributed by atoms with E-state index in [1.807, 2.05) is 14.1 Å². The number of hydrogen-bond acceptors (Lipinski definition) is 11. The predicted molar refractivity (Wildman–Crippen MR) is 123 cm³/mol. The Hall–Kier alpha value is -3.01. The molecule has 3 N–H and O–H groups in total. The van der Waals surface area contributed by atoms with E-state index in [0.717, 1.165) is 29.2 Å².